The molecule has 0 unspecified atom stereocenters. The smallest absolute Gasteiger partial charge is 0.354 e. The fourth-order valence-corrected chi connectivity index (χ4v) is 7.14. The molecule has 9 nitrogen and oxygen atoms in total. The van der Waals surface area contributed by atoms with Crippen molar-refractivity contribution in [3.05, 3.63) is 83.4 Å². The van der Waals surface area contributed by atoms with Gasteiger partial charge in [0.1, 0.15) is 11.3 Å². The molecule has 0 bridgehead atoms. The van der Waals surface area contributed by atoms with Crippen LogP contribution in [0.3, 0.4) is 0 Å². The average Bonchev–Trinajstić information content (AvgIpc) is 3.80. The number of nitrogens with zero attached hydrogens (tertiary/aromatic N) is 5. The number of rotatable bonds is 5. The molecule has 5 heterocycles. The molecule has 1 amide bonds. The van der Waals surface area contributed by atoms with Crippen molar-refractivity contribution in [3.63, 3.8) is 0 Å². The molecule has 3 saturated heterocycles. The molecule has 0 radical (unpaired) electrons. The van der Waals surface area contributed by atoms with Gasteiger partial charge in [0.05, 0.1) is 0 Å². The minimum atomic E-state index is -1.03. The number of carboxylic acids is 1. The van der Waals surface area contributed by atoms with E-state index in [9.17, 15) is 14.7 Å². The fourth-order valence-electron chi connectivity index (χ4n) is 7.14. The minimum Gasteiger partial charge on any atom is -0.477 e. The van der Waals surface area contributed by atoms with Gasteiger partial charge in [-0.25, -0.2) is 14.8 Å². The summed E-state index contributed by atoms with van der Waals surface area (Å²) in [6.07, 6.45) is 2.88. The molecule has 7 rings (SSSR count). The van der Waals surface area contributed by atoms with Crippen LogP contribution < -0.4 is 9.80 Å². The van der Waals surface area contributed by atoms with E-state index in [-0.39, 0.29) is 28.3 Å². The largest absolute Gasteiger partial charge is 0.477 e. The van der Waals surface area contributed by atoms with Crippen molar-refractivity contribution >= 4 is 34.5 Å². The van der Waals surface area contributed by atoms with Gasteiger partial charge in [0, 0.05) is 55.8 Å². The second kappa shape index (κ2) is 9.86. The van der Waals surface area contributed by atoms with Crippen molar-refractivity contribution < 1.29 is 19.1 Å². The van der Waals surface area contributed by atoms with Gasteiger partial charge in [0.15, 0.2) is 11.3 Å². The van der Waals surface area contributed by atoms with E-state index in [0.29, 0.717) is 30.0 Å². The standard InChI is InChI=1S/C33H35N5O4/c1-22-17-24(36-14-11-32(2,19-36)23-7-4-3-5-8-23)18-26-28(22)42-29(35-26)30(39)38-16-13-33(21-38)12-15-37(20-33)27-10-6-9-25(34-27)31(40)41/h3-10,17-18H,11-16,19-21H2,1-2H3,(H,40,41)/t32-,33+/m0/s1. The van der Waals surface area contributed by atoms with Crippen LogP contribution in [0.4, 0.5) is 11.5 Å². The molecule has 2 atom stereocenters. The molecule has 2 aromatic heterocycles. The maximum atomic E-state index is 13.6. The summed E-state index contributed by atoms with van der Waals surface area (Å²) in [5.41, 5.74) is 4.91. The summed E-state index contributed by atoms with van der Waals surface area (Å²) in [6, 6.07) is 20.0. The van der Waals surface area contributed by atoms with Gasteiger partial charge in [-0.2, -0.15) is 0 Å². The number of aromatic nitrogens is 2. The van der Waals surface area contributed by atoms with Crippen LogP contribution in [0, 0.1) is 12.3 Å². The van der Waals surface area contributed by atoms with E-state index in [0.717, 1.165) is 56.7 Å². The lowest BCUT2D eigenvalue weighted by molar-refractivity contribution is 0.0689. The molecule has 1 spiro atoms. The number of fused-ring (bicyclic) bond motifs is 1. The van der Waals surface area contributed by atoms with Crippen molar-refractivity contribution in [1.82, 2.24) is 14.9 Å². The molecule has 0 saturated carbocycles. The van der Waals surface area contributed by atoms with Crippen molar-refractivity contribution in [2.75, 3.05) is 49.1 Å². The highest BCUT2D eigenvalue weighted by molar-refractivity contribution is 5.94. The molecule has 4 aromatic rings. The number of hydrogen-bond donors (Lipinski definition) is 1. The van der Waals surface area contributed by atoms with Gasteiger partial charge in [0.2, 0.25) is 0 Å². The number of benzene rings is 2. The number of aromatic carboxylic acids is 1. The van der Waals surface area contributed by atoms with Gasteiger partial charge < -0.3 is 24.2 Å². The zero-order valence-corrected chi connectivity index (χ0v) is 24.0. The van der Waals surface area contributed by atoms with Crippen LogP contribution in [-0.4, -0.2) is 71.1 Å². The van der Waals surface area contributed by atoms with Crippen LogP contribution in [0.1, 0.15) is 58.5 Å². The third kappa shape index (κ3) is 4.57. The summed E-state index contributed by atoms with van der Waals surface area (Å²) in [5, 5.41) is 9.32. The number of likely N-dealkylation sites (tertiary alicyclic amines) is 1. The molecule has 3 aliphatic rings. The summed E-state index contributed by atoms with van der Waals surface area (Å²) >= 11 is 0. The van der Waals surface area contributed by atoms with E-state index in [1.165, 1.54) is 11.6 Å². The predicted molar refractivity (Wildman–Crippen MR) is 160 cm³/mol. The Morgan fingerprint density at radius 3 is 2.48 bits per heavy atom. The average molecular weight is 566 g/mol. The first-order chi connectivity index (χ1) is 20.2. The maximum Gasteiger partial charge on any atom is 0.354 e. The summed E-state index contributed by atoms with van der Waals surface area (Å²) in [5.74, 6) is -0.395. The van der Waals surface area contributed by atoms with E-state index in [2.05, 4.69) is 69.2 Å². The van der Waals surface area contributed by atoms with Crippen LogP contribution in [0.25, 0.3) is 11.1 Å². The normalized spacial score (nSPS) is 23.9. The quantitative estimate of drug-likeness (QED) is 0.355. The second-order valence-corrected chi connectivity index (χ2v) is 12.6. The van der Waals surface area contributed by atoms with Crippen molar-refractivity contribution in [1.29, 1.82) is 0 Å². The summed E-state index contributed by atoms with van der Waals surface area (Å²) in [6.45, 7) is 9.01. The van der Waals surface area contributed by atoms with Gasteiger partial charge >= 0.3 is 11.9 Å². The number of oxazole rings is 1. The van der Waals surface area contributed by atoms with E-state index >= 15 is 0 Å². The highest BCUT2D eigenvalue weighted by atomic mass is 16.4. The molecule has 0 aliphatic carbocycles. The topological polar surface area (TPSA) is 103 Å². The number of anilines is 2. The van der Waals surface area contributed by atoms with Gasteiger partial charge in [-0.15, -0.1) is 0 Å². The van der Waals surface area contributed by atoms with E-state index in [4.69, 9.17) is 4.42 Å². The minimum absolute atomic E-state index is 0.0426. The maximum absolute atomic E-state index is 13.6. The molecule has 9 heteroatoms. The number of carbonyl (C=O) groups excluding carboxylic acids is 1. The molecule has 216 valence electrons. The summed E-state index contributed by atoms with van der Waals surface area (Å²) in [7, 11) is 0. The number of carbonyl (C=O) groups is 2. The van der Waals surface area contributed by atoms with Crippen molar-refractivity contribution in [2.45, 2.75) is 38.5 Å². The third-order valence-corrected chi connectivity index (χ3v) is 9.59. The first-order valence-corrected chi connectivity index (χ1v) is 14.7. The number of pyridine rings is 1. The molecule has 2 aromatic carbocycles. The number of hydrogen-bond acceptors (Lipinski definition) is 7. The Bertz CT molecular complexity index is 1690. The van der Waals surface area contributed by atoms with Crippen molar-refractivity contribution in [2.24, 2.45) is 5.41 Å². The Kier molecular flexibility index (Phi) is 6.22. The Morgan fingerprint density at radius 1 is 0.881 bits per heavy atom. The van der Waals surface area contributed by atoms with Gasteiger partial charge in [-0.05, 0) is 61.6 Å². The molecule has 42 heavy (non-hydrogen) atoms. The van der Waals surface area contributed by atoms with Crippen LogP contribution >= 0.6 is 0 Å². The predicted octanol–water partition coefficient (Wildman–Crippen LogP) is 5.14. The number of amides is 1. The van der Waals surface area contributed by atoms with Gasteiger partial charge in [0.25, 0.3) is 5.89 Å². The van der Waals surface area contributed by atoms with E-state index in [1.807, 2.05) is 17.9 Å². The summed E-state index contributed by atoms with van der Waals surface area (Å²) in [4.78, 5) is 40.4. The van der Waals surface area contributed by atoms with Crippen molar-refractivity contribution in [3.8, 4) is 0 Å². The SMILES string of the molecule is Cc1cc(N2CC[C@](C)(c3ccccc3)C2)cc2nc(C(=O)N3CC[C@@]4(CCN(c5cccc(C(=O)O)n5)C4)C3)oc12. The molecular weight excluding hydrogens is 530 g/mol. The van der Waals surface area contributed by atoms with Crippen LogP contribution in [0.5, 0.6) is 0 Å². The molecular formula is C33H35N5O4. The molecule has 3 fully saturated rings. The zero-order chi connectivity index (χ0) is 29.1. The number of carboxylic acid groups (broad SMARTS) is 1. The molecule has 1 N–H and O–H groups in total. The summed E-state index contributed by atoms with van der Waals surface area (Å²) < 4.78 is 6.08. The Balaban J connectivity index is 1.06. The second-order valence-electron chi connectivity index (χ2n) is 12.6. The van der Waals surface area contributed by atoms with Crippen LogP contribution in [0.2, 0.25) is 0 Å². The first kappa shape index (κ1) is 26.5. The highest BCUT2D eigenvalue weighted by Gasteiger charge is 2.46. The Hall–Kier alpha value is -4.40. The third-order valence-electron chi connectivity index (χ3n) is 9.59. The molecule has 3 aliphatic heterocycles. The Labute approximate surface area is 244 Å². The van der Waals surface area contributed by atoms with Gasteiger partial charge in [-0.3, -0.25) is 4.79 Å². The highest BCUT2D eigenvalue weighted by Crippen LogP contribution is 2.42. The first-order valence-electron chi connectivity index (χ1n) is 14.7. The lowest BCUT2D eigenvalue weighted by Crippen LogP contribution is -2.34. The van der Waals surface area contributed by atoms with Crippen LogP contribution in [-0.2, 0) is 5.41 Å². The van der Waals surface area contributed by atoms with Gasteiger partial charge in [-0.1, -0.05) is 43.3 Å². The lowest BCUT2D eigenvalue weighted by Gasteiger charge is -2.26. The lowest BCUT2D eigenvalue weighted by atomic mass is 9.82. The van der Waals surface area contributed by atoms with E-state index in [1.54, 1.807) is 6.07 Å². The number of aryl methyl sites for hydroxylation is 1. The monoisotopic (exact) mass is 565 g/mol. The zero-order valence-electron chi connectivity index (χ0n) is 24.0. The fraction of sp³-hybridized carbons (Fsp3) is 0.394. The van der Waals surface area contributed by atoms with E-state index < -0.39 is 5.97 Å². The van der Waals surface area contributed by atoms with Crippen LogP contribution in [0.15, 0.2) is 65.1 Å². The Morgan fingerprint density at radius 2 is 1.67 bits per heavy atom.